The van der Waals surface area contributed by atoms with Crippen LogP contribution in [0.15, 0.2) is 18.2 Å². The summed E-state index contributed by atoms with van der Waals surface area (Å²) in [6.07, 6.45) is 2.36. The van der Waals surface area contributed by atoms with Crippen molar-refractivity contribution in [3.05, 3.63) is 29.3 Å². The van der Waals surface area contributed by atoms with Gasteiger partial charge < -0.3 is 9.84 Å². The second-order valence-electron chi connectivity index (χ2n) is 5.67. The summed E-state index contributed by atoms with van der Waals surface area (Å²) in [5.74, 6) is -0.141. The van der Waals surface area contributed by atoms with Crippen LogP contribution in [0, 0.1) is 0 Å². The summed E-state index contributed by atoms with van der Waals surface area (Å²) >= 11 is 0. The Kier molecular flexibility index (Phi) is 3.80. The molecule has 4 heteroatoms. The molecule has 0 bridgehead atoms. The van der Waals surface area contributed by atoms with Crippen molar-refractivity contribution < 1.29 is 14.6 Å². The van der Waals surface area contributed by atoms with Gasteiger partial charge in [0.1, 0.15) is 5.75 Å². The molecule has 1 fully saturated rings. The van der Waals surface area contributed by atoms with Crippen molar-refractivity contribution in [2.75, 3.05) is 13.7 Å². The minimum absolute atomic E-state index is 0.171. The third-order valence-electron chi connectivity index (χ3n) is 3.96. The molecule has 19 heavy (non-hydrogen) atoms. The van der Waals surface area contributed by atoms with E-state index < -0.39 is 5.97 Å². The summed E-state index contributed by atoms with van der Waals surface area (Å²) in [5.41, 5.74) is 1.43. The van der Waals surface area contributed by atoms with Crippen LogP contribution >= 0.6 is 0 Å². The lowest BCUT2D eigenvalue weighted by atomic mass is 10.0. The van der Waals surface area contributed by atoms with Crippen LogP contribution in [0.5, 0.6) is 5.75 Å². The molecule has 104 valence electrons. The molecule has 2 rings (SSSR count). The van der Waals surface area contributed by atoms with Gasteiger partial charge in [-0.25, -0.2) is 4.79 Å². The zero-order chi connectivity index (χ0) is 14.0. The maximum absolute atomic E-state index is 11.1. The van der Waals surface area contributed by atoms with Gasteiger partial charge in [0.2, 0.25) is 0 Å². The van der Waals surface area contributed by atoms with E-state index in [0.717, 1.165) is 24.4 Å². The van der Waals surface area contributed by atoms with Crippen LogP contribution in [0.25, 0.3) is 0 Å². The molecule has 1 aliphatic rings. The first-order chi connectivity index (χ1) is 8.94. The van der Waals surface area contributed by atoms with E-state index in [0.29, 0.717) is 5.56 Å². The normalized spacial score (nSPS) is 18.5. The average molecular weight is 263 g/mol. The molecule has 0 unspecified atom stereocenters. The van der Waals surface area contributed by atoms with E-state index in [1.807, 2.05) is 0 Å². The summed E-state index contributed by atoms with van der Waals surface area (Å²) < 4.78 is 5.34. The number of methoxy groups -OCH3 is 1. The molecule has 1 heterocycles. The largest absolute Gasteiger partial charge is 0.496 e. The SMILES string of the molecule is COc1ccc(C(=O)O)cc1CN1CCCC1(C)C. The third kappa shape index (κ3) is 2.89. The highest BCUT2D eigenvalue weighted by Gasteiger charge is 2.32. The lowest BCUT2D eigenvalue weighted by Gasteiger charge is -2.32. The highest BCUT2D eigenvalue weighted by atomic mass is 16.5. The van der Waals surface area contributed by atoms with Crippen molar-refractivity contribution in [1.82, 2.24) is 4.90 Å². The topological polar surface area (TPSA) is 49.8 Å². The standard InChI is InChI=1S/C15H21NO3/c1-15(2)7-4-8-16(15)10-12-9-11(14(17)18)5-6-13(12)19-3/h5-6,9H,4,7-8,10H2,1-3H3,(H,17,18). The van der Waals surface area contributed by atoms with Crippen molar-refractivity contribution in [2.24, 2.45) is 0 Å². The number of rotatable bonds is 4. The molecule has 0 radical (unpaired) electrons. The number of hydrogen-bond acceptors (Lipinski definition) is 3. The maximum atomic E-state index is 11.1. The molecule has 4 nitrogen and oxygen atoms in total. The number of aromatic carboxylic acids is 1. The Morgan fingerprint density at radius 2 is 2.21 bits per heavy atom. The number of carboxylic acids is 1. The Balaban J connectivity index is 2.27. The van der Waals surface area contributed by atoms with Gasteiger partial charge in [-0.3, -0.25) is 4.90 Å². The third-order valence-corrected chi connectivity index (χ3v) is 3.96. The second kappa shape index (κ2) is 5.21. The zero-order valence-electron chi connectivity index (χ0n) is 11.8. The van der Waals surface area contributed by atoms with Gasteiger partial charge in [-0.1, -0.05) is 0 Å². The van der Waals surface area contributed by atoms with Gasteiger partial charge in [0.05, 0.1) is 12.7 Å². The van der Waals surface area contributed by atoms with E-state index in [1.54, 1.807) is 25.3 Å². The van der Waals surface area contributed by atoms with E-state index in [-0.39, 0.29) is 5.54 Å². The Bertz CT molecular complexity index is 482. The Morgan fingerprint density at radius 3 is 2.74 bits per heavy atom. The smallest absolute Gasteiger partial charge is 0.335 e. The number of carboxylic acid groups (broad SMARTS) is 1. The van der Waals surface area contributed by atoms with Gasteiger partial charge in [0.15, 0.2) is 0 Å². The lowest BCUT2D eigenvalue weighted by molar-refractivity contribution is 0.0696. The van der Waals surface area contributed by atoms with Gasteiger partial charge in [-0.2, -0.15) is 0 Å². The molecule has 0 aromatic heterocycles. The fourth-order valence-electron chi connectivity index (χ4n) is 2.70. The second-order valence-corrected chi connectivity index (χ2v) is 5.67. The molecule has 0 amide bonds. The van der Waals surface area contributed by atoms with Gasteiger partial charge in [-0.15, -0.1) is 0 Å². The van der Waals surface area contributed by atoms with Crippen LogP contribution in [0.2, 0.25) is 0 Å². The number of carbonyl (C=O) groups is 1. The molecule has 1 aromatic rings. The summed E-state index contributed by atoms with van der Waals surface area (Å²) in [7, 11) is 1.62. The van der Waals surface area contributed by atoms with E-state index in [1.165, 1.54) is 12.8 Å². The van der Waals surface area contributed by atoms with Gasteiger partial charge >= 0.3 is 5.97 Å². The molecule has 0 spiro atoms. The van der Waals surface area contributed by atoms with Crippen LogP contribution in [0.4, 0.5) is 0 Å². The molecule has 1 aromatic carbocycles. The average Bonchev–Trinajstić information content (AvgIpc) is 2.68. The predicted molar refractivity (Wildman–Crippen MR) is 73.7 cm³/mol. The fraction of sp³-hybridized carbons (Fsp3) is 0.533. The number of likely N-dealkylation sites (tertiary alicyclic amines) is 1. The first-order valence-electron chi connectivity index (χ1n) is 6.59. The molecule has 0 saturated carbocycles. The van der Waals surface area contributed by atoms with Crippen molar-refractivity contribution in [3.63, 3.8) is 0 Å². The fourth-order valence-corrected chi connectivity index (χ4v) is 2.70. The van der Waals surface area contributed by atoms with Crippen LogP contribution < -0.4 is 4.74 Å². The highest BCUT2D eigenvalue weighted by Crippen LogP contribution is 2.32. The molecule has 1 aliphatic heterocycles. The summed E-state index contributed by atoms with van der Waals surface area (Å²) in [6, 6.07) is 5.04. The predicted octanol–water partition coefficient (Wildman–Crippen LogP) is 2.77. The Hall–Kier alpha value is -1.55. The number of nitrogens with zero attached hydrogens (tertiary/aromatic N) is 1. The molecule has 1 N–H and O–H groups in total. The zero-order valence-corrected chi connectivity index (χ0v) is 11.8. The van der Waals surface area contributed by atoms with Gasteiger partial charge in [0.25, 0.3) is 0 Å². The quantitative estimate of drug-likeness (QED) is 0.907. The first-order valence-corrected chi connectivity index (χ1v) is 6.59. The summed E-state index contributed by atoms with van der Waals surface area (Å²) in [5, 5.41) is 9.08. The van der Waals surface area contributed by atoms with Crippen LogP contribution in [0.1, 0.15) is 42.6 Å². The van der Waals surface area contributed by atoms with Crippen LogP contribution in [-0.4, -0.2) is 35.2 Å². The number of benzene rings is 1. The summed E-state index contributed by atoms with van der Waals surface area (Å²) in [4.78, 5) is 13.4. The minimum Gasteiger partial charge on any atom is -0.496 e. The Labute approximate surface area is 114 Å². The highest BCUT2D eigenvalue weighted by molar-refractivity contribution is 5.88. The monoisotopic (exact) mass is 263 g/mol. The van der Waals surface area contributed by atoms with Crippen LogP contribution in [0.3, 0.4) is 0 Å². The van der Waals surface area contributed by atoms with E-state index >= 15 is 0 Å². The van der Waals surface area contributed by atoms with Crippen molar-refractivity contribution in [3.8, 4) is 5.75 Å². The number of ether oxygens (including phenoxy) is 1. The lowest BCUT2D eigenvalue weighted by Crippen LogP contribution is -2.37. The maximum Gasteiger partial charge on any atom is 0.335 e. The molecular weight excluding hydrogens is 242 g/mol. The van der Waals surface area contributed by atoms with Crippen molar-refractivity contribution >= 4 is 5.97 Å². The summed E-state index contributed by atoms with van der Waals surface area (Å²) in [6.45, 7) is 6.24. The van der Waals surface area contributed by atoms with E-state index in [2.05, 4.69) is 18.7 Å². The Morgan fingerprint density at radius 1 is 1.47 bits per heavy atom. The van der Waals surface area contributed by atoms with E-state index in [4.69, 9.17) is 9.84 Å². The molecule has 0 atom stereocenters. The first kappa shape index (κ1) is 13.9. The van der Waals surface area contributed by atoms with E-state index in [9.17, 15) is 4.79 Å². The minimum atomic E-state index is -0.899. The molecule has 0 aliphatic carbocycles. The van der Waals surface area contributed by atoms with Gasteiger partial charge in [0, 0.05) is 17.6 Å². The molecular formula is C15H21NO3. The van der Waals surface area contributed by atoms with Crippen LogP contribution in [-0.2, 0) is 6.54 Å². The van der Waals surface area contributed by atoms with Gasteiger partial charge in [-0.05, 0) is 51.4 Å². The molecule has 1 saturated heterocycles. The van der Waals surface area contributed by atoms with Crippen molar-refractivity contribution in [2.45, 2.75) is 38.8 Å². The van der Waals surface area contributed by atoms with Crippen molar-refractivity contribution in [1.29, 1.82) is 0 Å². The number of hydrogen-bond donors (Lipinski definition) is 1.